The molecular weight excluding hydrogens is 230 g/mol. The molecule has 0 aromatic carbocycles. The van der Waals surface area contributed by atoms with Gasteiger partial charge >= 0.3 is 6.09 Å². The van der Waals surface area contributed by atoms with Gasteiger partial charge in [-0.2, -0.15) is 0 Å². The number of rotatable bonds is 3. The molecular formula is C9H9N3O5. The van der Waals surface area contributed by atoms with E-state index in [1.54, 1.807) is 0 Å². The number of anilines is 1. The second-order valence-corrected chi connectivity index (χ2v) is 3.43. The van der Waals surface area contributed by atoms with E-state index < -0.39 is 17.1 Å². The summed E-state index contributed by atoms with van der Waals surface area (Å²) in [5.74, 6) is 0.261. The molecule has 1 N–H and O–H groups in total. The Bertz CT molecular complexity index is 446. The molecule has 1 aromatic rings. The minimum atomic E-state index is -0.620. The fraction of sp³-hybridized carbons (Fsp3) is 0.333. The minimum Gasteiger partial charge on any atom is -0.441 e. The van der Waals surface area contributed by atoms with Crippen molar-refractivity contribution in [1.29, 1.82) is 0 Å². The van der Waals surface area contributed by atoms with Gasteiger partial charge in [-0.05, 0) is 6.07 Å². The third-order valence-electron chi connectivity index (χ3n) is 2.30. The van der Waals surface area contributed by atoms with Crippen LogP contribution in [0.15, 0.2) is 18.3 Å². The normalized spacial score (nSPS) is 19.2. The van der Waals surface area contributed by atoms with Crippen LogP contribution in [0.5, 0.6) is 0 Å². The maximum Gasteiger partial charge on any atom is 0.416 e. The molecule has 0 saturated carbocycles. The van der Waals surface area contributed by atoms with Gasteiger partial charge in [0, 0.05) is 6.07 Å². The van der Waals surface area contributed by atoms with E-state index in [-0.39, 0.29) is 24.7 Å². The summed E-state index contributed by atoms with van der Waals surface area (Å²) < 4.78 is 4.82. The number of nitro groups is 1. The first-order valence-corrected chi connectivity index (χ1v) is 4.81. The van der Waals surface area contributed by atoms with E-state index >= 15 is 0 Å². The van der Waals surface area contributed by atoms with Gasteiger partial charge in [-0.1, -0.05) is 0 Å². The van der Waals surface area contributed by atoms with Crippen LogP contribution in [-0.2, 0) is 4.74 Å². The van der Waals surface area contributed by atoms with Crippen LogP contribution in [0.2, 0.25) is 0 Å². The Morgan fingerprint density at radius 2 is 2.41 bits per heavy atom. The van der Waals surface area contributed by atoms with Gasteiger partial charge in [-0.3, -0.25) is 15.0 Å². The standard InChI is InChI=1S/C9H9N3O5/c13-5-7-4-11(9(14)17-7)8-2-1-6(3-10-8)12(15)16/h1-3,7,13H,4-5H2. The average molecular weight is 239 g/mol. The number of aliphatic hydroxyl groups is 1. The Kier molecular flexibility index (Phi) is 2.88. The van der Waals surface area contributed by atoms with E-state index in [4.69, 9.17) is 9.84 Å². The third kappa shape index (κ3) is 2.16. The number of aliphatic hydroxyl groups excluding tert-OH is 1. The molecule has 0 aliphatic carbocycles. The topological polar surface area (TPSA) is 106 Å². The summed E-state index contributed by atoms with van der Waals surface area (Å²) in [6, 6.07) is 2.61. The maximum atomic E-state index is 11.4. The summed E-state index contributed by atoms with van der Waals surface area (Å²) in [7, 11) is 0. The first-order chi connectivity index (χ1) is 8.11. The molecule has 8 nitrogen and oxygen atoms in total. The van der Waals surface area contributed by atoms with Crippen LogP contribution in [0.25, 0.3) is 0 Å². The van der Waals surface area contributed by atoms with Crippen molar-refractivity contribution >= 4 is 17.6 Å². The highest BCUT2D eigenvalue weighted by molar-refractivity contribution is 5.88. The van der Waals surface area contributed by atoms with Gasteiger partial charge in [0.05, 0.1) is 18.1 Å². The van der Waals surface area contributed by atoms with E-state index in [0.717, 1.165) is 6.20 Å². The number of aromatic nitrogens is 1. The molecule has 1 saturated heterocycles. The van der Waals surface area contributed by atoms with Crippen LogP contribution in [0, 0.1) is 10.1 Å². The predicted molar refractivity (Wildman–Crippen MR) is 55.6 cm³/mol. The van der Waals surface area contributed by atoms with Gasteiger partial charge in [-0.25, -0.2) is 9.78 Å². The smallest absolute Gasteiger partial charge is 0.416 e. The zero-order chi connectivity index (χ0) is 12.4. The summed E-state index contributed by atoms with van der Waals surface area (Å²) in [4.78, 5) is 26.2. The highest BCUT2D eigenvalue weighted by Crippen LogP contribution is 2.21. The van der Waals surface area contributed by atoms with Crippen molar-refractivity contribution in [3.05, 3.63) is 28.4 Å². The Morgan fingerprint density at radius 3 is 2.88 bits per heavy atom. The minimum absolute atomic E-state index is 0.153. The number of cyclic esters (lactones) is 1. The molecule has 1 unspecified atom stereocenters. The van der Waals surface area contributed by atoms with E-state index in [1.807, 2.05) is 0 Å². The van der Waals surface area contributed by atoms with Crippen LogP contribution in [0.3, 0.4) is 0 Å². The van der Waals surface area contributed by atoms with Crippen LogP contribution in [0.1, 0.15) is 0 Å². The summed E-state index contributed by atoms with van der Waals surface area (Å²) in [6.07, 6.45) is -0.139. The van der Waals surface area contributed by atoms with Crippen LogP contribution >= 0.6 is 0 Å². The predicted octanol–water partition coefficient (Wildman–Crippen LogP) is 0.307. The lowest BCUT2D eigenvalue weighted by Gasteiger charge is -2.10. The summed E-state index contributed by atoms with van der Waals surface area (Å²) >= 11 is 0. The monoisotopic (exact) mass is 239 g/mol. The molecule has 17 heavy (non-hydrogen) atoms. The van der Waals surface area contributed by atoms with Gasteiger partial charge in [-0.15, -0.1) is 0 Å². The molecule has 1 amide bonds. The van der Waals surface area contributed by atoms with Gasteiger partial charge in [0.25, 0.3) is 5.69 Å². The number of amides is 1. The zero-order valence-corrected chi connectivity index (χ0v) is 8.65. The second-order valence-electron chi connectivity index (χ2n) is 3.43. The maximum absolute atomic E-state index is 11.4. The second kappa shape index (κ2) is 4.34. The molecule has 2 rings (SSSR count). The highest BCUT2D eigenvalue weighted by Gasteiger charge is 2.32. The van der Waals surface area contributed by atoms with Crippen molar-refractivity contribution in [2.45, 2.75) is 6.10 Å². The number of carbonyl (C=O) groups excluding carboxylic acids is 1. The first-order valence-electron chi connectivity index (χ1n) is 4.81. The SMILES string of the molecule is O=C1OC(CO)CN1c1ccc([N+](=O)[O-])cn1. The Hall–Kier alpha value is -2.22. The quantitative estimate of drug-likeness (QED) is 0.600. The van der Waals surface area contributed by atoms with E-state index in [1.165, 1.54) is 17.0 Å². The molecule has 1 aliphatic rings. The molecule has 0 bridgehead atoms. The zero-order valence-electron chi connectivity index (χ0n) is 8.65. The Morgan fingerprint density at radius 1 is 1.65 bits per heavy atom. The van der Waals surface area contributed by atoms with E-state index in [2.05, 4.69) is 4.98 Å². The van der Waals surface area contributed by atoms with Crippen molar-refractivity contribution in [2.24, 2.45) is 0 Å². The van der Waals surface area contributed by atoms with E-state index in [9.17, 15) is 14.9 Å². The lowest BCUT2D eigenvalue weighted by molar-refractivity contribution is -0.385. The fourth-order valence-electron chi connectivity index (χ4n) is 1.45. The van der Waals surface area contributed by atoms with Crippen LogP contribution in [0.4, 0.5) is 16.3 Å². The van der Waals surface area contributed by atoms with Gasteiger partial charge in [0.1, 0.15) is 18.1 Å². The lowest BCUT2D eigenvalue weighted by atomic mass is 10.3. The summed E-state index contributed by atoms with van der Waals surface area (Å²) in [5, 5.41) is 19.3. The van der Waals surface area contributed by atoms with Gasteiger partial charge in [0.15, 0.2) is 0 Å². The van der Waals surface area contributed by atoms with Gasteiger partial charge in [0.2, 0.25) is 0 Å². The lowest BCUT2D eigenvalue weighted by Crippen LogP contribution is -2.26. The Balaban J connectivity index is 2.18. The number of carbonyl (C=O) groups is 1. The third-order valence-corrected chi connectivity index (χ3v) is 2.30. The van der Waals surface area contributed by atoms with Crippen molar-refractivity contribution in [3.8, 4) is 0 Å². The van der Waals surface area contributed by atoms with Crippen molar-refractivity contribution in [1.82, 2.24) is 4.98 Å². The van der Waals surface area contributed by atoms with Crippen LogP contribution < -0.4 is 4.90 Å². The van der Waals surface area contributed by atoms with Crippen molar-refractivity contribution in [3.63, 3.8) is 0 Å². The summed E-state index contributed by atoms with van der Waals surface area (Å²) in [5.41, 5.74) is -0.153. The number of hydrogen-bond acceptors (Lipinski definition) is 6. The number of pyridine rings is 1. The van der Waals surface area contributed by atoms with Crippen molar-refractivity contribution < 1.29 is 19.6 Å². The largest absolute Gasteiger partial charge is 0.441 e. The number of hydrogen-bond donors (Lipinski definition) is 1. The van der Waals surface area contributed by atoms with Crippen molar-refractivity contribution in [2.75, 3.05) is 18.1 Å². The number of nitrogens with zero attached hydrogens (tertiary/aromatic N) is 3. The fourth-order valence-corrected chi connectivity index (χ4v) is 1.45. The molecule has 1 atom stereocenters. The van der Waals surface area contributed by atoms with E-state index in [0.29, 0.717) is 0 Å². The molecule has 2 heterocycles. The molecule has 1 aliphatic heterocycles. The average Bonchev–Trinajstić information content (AvgIpc) is 2.71. The highest BCUT2D eigenvalue weighted by atomic mass is 16.6. The molecule has 1 fully saturated rings. The number of ether oxygens (including phenoxy) is 1. The van der Waals surface area contributed by atoms with Crippen LogP contribution in [-0.4, -0.2) is 40.4 Å². The molecule has 8 heteroatoms. The summed E-state index contributed by atoms with van der Waals surface area (Å²) in [6.45, 7) is -0.0879. The molecule has 0 radical (unpaired) electrons. The molecule has 90 valence electrons. The molecule has 0 spiro atoms. The Labute approximate surface area is 95.6 Å². The first kappa shape index (κ1) is 11.3. The van der Waals surface area contributed by atoms with Gasteiger partial charge < -0.3 is 9.84 Å². The molecule has 1 aromatic heterocycles.